The second-order valence-corrected chi connectivity index (χ2v) is 8.15. The Morgan fingerprint density at radius 3 is 3.03 bits per heavy atom. The van der Waals surface area contributed by atoms with Crippen LogP contribution in [0, 0.1) is 0 Å². The summed E-state index contributed by atoms with van der Waals surface area (Å²) < 4.78 is 2.27. The molecule has 0 spiro atoms. The van der Waals surface area contributed by atoms with Crippen LogP contribution in [0.15, 0.2) is 36.5 Å². The summed E-state index contributed by atoms with van der Waals surface area (Å²) in [6.45, 7) is 3.61. The van der Waals surface area contributed by atoms with Crippen LogP contribution >= 0.6 is 0 Å². The smallest absolute Gasteiger partial charge is 0.321 e. The summed E-state index contributed by atoms with van der Waals surface area (Å²) in [6, 6.07) is 10.5. The first-order valence-electron chi connectivity index (χ1n) is 10.7. The average molecular weight is 390 g/mol. The second kappa shape index (κ2) is 7.50. The molecular formula is C23H27N5O. The normalized spacial score (nSPS) is 18.4. The maximum absolute atomic E-state index is 12.9. The first-order valence-corrected chi connectivity index (χ1v) is 10.7. The Morgan fingerprint density at radius 2 is 2.14 bits per heavy atom. The summed E-state index contributed by atoms with van der Waals surface area (Å²) in [7, 11) is 0. The van der Waals surface area contributed by atoms with Gasteiger partial charge in [0.25, 0.3) is 0 Å². The van der Waals surface area contributed by atoms with Gasteiger partial charge in [0, 0.05) is 31.4 Å². The first-order chi connectivity index (χ1) is 14.2. The molecule has 5 rings (SSSR count). The number of rotatable bonds is 4. The summed E-state index contributed by atoms with van der Waals surface area (Å²) in [5.74, 6) is 1.08. The van der Waals surface area contributed by atoms with Crippen molar-refractivity contribution in [3.8, 4) is 0 Å². The molecule has 6 heteroatoms. The summed E-state index contributed by atoms with van der Waals surface area (Å²) >= 11 is 0. The zero-order chi connectivity index (χ0) is 19.8. The van der Waals surface area contributed by atoms with Crippen molar-refractivity contribution in [3.63, 3.8) is 0 Å². The first kappa shape index (κ1) is 18.2. The fraction of sp³-hybridized carbons (Fsp3) is 0.435. The van der Waals surface area contributed by atoms with E-state index in [9.17, 15) is 4.79 Å². The largest absolute Gasteiger partial charge is 0.322 e. The minimum Gasteiger partial charge on any atom is -0.322 e. The van der Waals surface area contributed by atoms with Crippen molar-refractivity contribution in [1.29, 1.82) is 0 Å². The van der Waals surface area contributed by atoms with Gasteiger partial charge in [-0.3, -0.25) is 0 Å². The Balaban J connectivity index is 1.33. The predicted octanol–water partition coefficient (Wildman–Crippen LogP) is 4.35. The van der Waals surface area contributed by atoms with Gasteiger partial charge in [-0.15, -0.1) is 0 Å². The average Bonchev–Trinajstić information content (AvgIpc) is 3.45. The quantitative estimate of drug-likeness (QED) is 0.721. The van der Waals surface area contributed by atoms with Gasteiger partial charge in [-0.25, -0.2) is 14.8 Å². The van der Waals surface area contributed by atoms with E-state index in [0.29, 0.717) is 6.54 Å². The topological polar surface area (TPSA) is 63.1 Å². The van der Waals surface area contributed by atoms with Crippen LogP contribution in [0.25, 0.3) is 11.2 Å². The number of urea groups is 1. The van der Waals surface area contributed by atoms with Crippen LogP contribution in [-0.2, 0) is 19.3 Å². The van der Waals surface area contributed by atoms with Crippen molar-refractivity contribution in [2.45, 2.75) is 51.5 Å². The van der Waals surface area contributed by atoms with Crippen molar-refractivity contribution in [2.75, 3.05) is 18.4 Å². The van der Waals surface area contributed by atoms with Gasteiger partial charge < -0.3 is 14.8 Å². The van der Waals surface area contributed by atoms with Gasteiger partial charge in [0.1, 0.15) is 11.3 Å². The number of amides is 2. The number of hydrogen-bond acceptors (Lipinski definition) is 3. The van der Waals surface area contributed by atoms with Crippen molar-refractivity contribution in [1.82, 2.24) is 19.4 Å². The van der Waals surface area contributed by atoms with Crippen LogP contribution in [0.3, 0.4) is 0 Å². The van der Waals surface area contributed by atoms with Gasteiger partial charge in [-0.2, -0.15) is 0 Å². The molecule has 1 aromatic carbocycles. The van der Waals surface area contributed by atoms with Gasteiger partial charge >= 0.3 is 6.03 Å². The number of carbonyl (C=O) groups is 1. The highest BCUT2D eigenvalue weighted by atomic mass is 16.2. The minimum atomic E-state index is -0.0140. The third kappa shape index (κ3) is 3.37. The Hall–Kier alpha value is -2.89. The molecule has 150 valence electrons. The molecule has 0 saturated carbocycles. The van der Waals surface area contributed by atoms with Gasteiger partial charge in [-0.05, 0) is 67.5 Å². The molecule has 1 unspecified atom stereocenters. The van der Waals surface area contributed by atoms with E-state index in [1.807, 2.05) is 29.3 Å². The third-order valence-corrected chi connectivity index (χ3v) is 6.16. The molecule has 29 heavy (non-hydrogen) atoms. The number of anilines is 1. The number of nitrogens with one attached hydrogen (secondary N) is 1. The maximum Gasteiger partial charge on any atom is 0.321 e. The molecule has 1 atom stereocenters. The lowest BCUT2D eigenvalue weighted by atomic mass is 10.1. The van der Waals surface area contributed by atoms with Gasteiger partial charge in [0.2, 0.25) is 0 Å². The van der Waals surface area contributed by atoms with E-state index in [1.165, 1.54) is 17.5 Å². The number of carbonyl (C=O) groups excluding carboxylic acids is 1. The van der Waals surface area contributed by atoms with Crippen molar-refractivity contribution < 1.29 is 4.79 Å². The lowest BCUT2D eigenvalue weighted by Gasteiger charge is -2.19. The van der Waals surface area contributed by atoms with Crippen LogP contribution in [0.1, 0.15) is 49.2 Å². The Kier molecular flexibility index (Phi) is 4.70. The Morgan fingerprint density at radius 1 is 1.24 bits per heavy atom. The molecule has 3 heterocycles. The Bertz CT molecular complexity index is 1060. The molecule has 1 aliphatic heterocycles. The van der Waals surface area contributed by atoms with E-state index in [-0.39, 0.29) is 12.1 Å². The molecule has 1 fully saturated rings. The lowest BCUT2D eigenvalue weighted by molar-refractivity contribution is 0.221. The highest BCUT2D eigenvalue weighted by molar-refractivity contribution is 5.89. The molecule has 1 saturated heterocycles. The van der Waals surface area contributed by atoms with Crippen LogP contribution in [0.5, 0.6) is 0 Å². The maximum atomic E-state index is 12.9. The number of aryl methyl sites for hydroxylation is 3. The molecular weight excluding hydrogens is 362 g/mol. The number of benzene rings is 1. The fourth-order valence-electron chi connectivity index (χ4n) is 4.75. The number of likely N-dealkylation sites (tertiary alicyclic amines) is 1. The van der Waals surface area contributed by atoms with E-state index in [1.54, 1.807) is 0 Å². The van der Waals surface area contributed by atoms with Gasteiger partial charge in [0.05, 0.1) is 6.04 Å². The number of pyridine rings is 1. The number of hydrogen-bond donors (Lipinski definition) is 1. The number of aromatic nitrogens is 3. The second-order valence-electron chi connectivity index (χ2n) is 8.15. The summed E-state index contributed by atoms with van der Waals surface area (Å²) in [5, 5.41) is 3.10. The zero-order valence-corrected chi connectivity index (χ0v) is 16.9. The van der Waals surface area contributed by atoms with Gasteiger partial charge in [0.15, 0.2) is 5.65 Å². The van der Waals surface area contributed by atoms with E-state index >= 15 is 0 Å². The highest BCUT2D eigenvalue weighted by Crippen LogP contribution is 2.29. The molecule has 2 aliphatic rings. The summed E-state index contributed by atoms with van der Waals surface area (Å²) in [4.78, 5) is 24.2. The third-order valence-electron chi connectivity index (χ3n) is 6.16. The monoisotopic (exact) mass is 389 g/mol. The highest BCUT2D eigenvalue weighted by Gasteiger charge is 2.30. The van der Waals surface area contributed by atoms with E-state index in [0.717, 1.165) is 61.3 Å². The van der Waals surface area contributed by atoms with Crippen LogP contribution in [0.2, 0.25) is 0 Å². The van der Waals surface area contributed by atoms with Crippen molar-refractivity contribution in [3.05, 3.63) is 53.5 Å². The molecule has 2 amide bonds. The van der Waals surface area contributed by atoms with Crippen LogP contribution in [-0.4, -0.2) is 38.6 Å². The van der Waals surface area contributed by atoms with E-state index in [4.69, 9.17) is 4.98 Å². The van der Waals surface area contributed by atoms with Crippen LogP contribution < -0.4 is 5.32 Å². The van der Waals surface area contributed by atoms with Crippen molar-refractivity contribution >= 4 is 22.9 Å². The van der Waals surface area contributed by atoms with Crippen LogP contribution in [0.4, 0.5) is 10.5 Å². The Labute approximate surface area is 171 Å². The minimum absolute atomic E-state index is 0.0140. The molecule has 1 N–H and O–H groups in total. The molecule has 0 radical (unpaired) electrons. The number of fused-ring (bicyclic) bond motifs is 2. The van der Waals surface area contributed by atoms with E-state index in [2.05, 4.69) is 33.9 Å². The standard InChI is InChI=1S/C23H27N5O/c1-2-5-21-26-20-8-4-12-24-22(20)28(21)19-11-13-27(15-19)23(29)25-18-10-9-16-6-3-7-17(16)14-18/h4,8-10,12,14,19H,2-3,5-7,11,13,15H2,1H3,(H,25,29). The van der Waals surface area contributed by atoms with E-state index < -0.39 is 0 Å². The van der Waals surface area contributed by atoms with Gasteiger partial charge in [-0.1, -0.05) is 13.0 Å². The summed E-state index contributed by atoms with van der Waals surface area (Å²) in [6.07, 6.45) is 8.20. The molecule has 2 aromatic heterocycles. The molecule has 0 bridgehead atoms. The fourth-order valence-corrected chi connectivity index (χ4v) is 4.75. The number of imidazole rings is 1. The summed E-state index contributed by atoms with van der Waals surface area (Å²) in [5.41, 5.74) is 5.58. The lowest BCUT2D eigenvalue weighted by Crippen LogP contribution is -2.33. The molecule has 3 aromatic rings. The predicted molar refractivity (Wildman–Crippen MR) is 114 cm³/mol. The molecule has 1 aliphatic carbocycles. The number of nitrogens with zero attached hydrogens (tertiary/aromatic N) is 4. The van der Waals surface area contributed by atoms with Crippen molar-refractivity contribution in [2.24, 2.45) is 0 Å². The SMILES string of the molecule is CCCc1nc2cccnc2n1C1CCN(C(=O)Nc2ccc3c(c2)CCC3)C1. The zero-order valence-electron chi connectivity index (χ0n) is 16.9. The molecule has 6 nitrogen and oxygen atoms in total.